The van der Waals surface area contributed by atoms with Crippen molar-refractivity contribution in [3.8, 4) is 0 Å². The third-order valence-corrected chi connectivity index (χ3v) is 4.73. The van der Waals surface area contributed by atoms with E-state index in [1.807, 2.05) is 10.6 Å². The Labute approximate surface area is 158 Å². The highest BCUT2D eigenvalue weighted by molar-refractivity contribution is 6.16. The molecule has 1 saturated heterocycles. The van der Waals surface area contributed by atoms with Crippen molar-refractivity contribution in [3.63, 3.8) is 0 Å². The van der Waals surface area contributed by atoms with Crippen LogP contribution < -0.4 is 15.4 Å². The van der Waals surface area contributed by atoms with Gasteiger partial charge in [0.25, 0.3) is 5.82 Å². The molecular weight excluding hydrogens is 370 g/mol. The highest BCUT2D eigenvalue weighted by Crippen LogP contribution is 2.33. The number of urea groups is 1. The number of imidazole rings is 1. The van der Waals surface area contributed by atoms with Crippen LogP contribution in [-0.4, -0.2) is 38.5 Å². The number of carbonyl (C=O) groups is 4. The maximum Gasteiger partial charge on any atom is 0.346 e. The van der Waals surface area contributed by atoms with E-state index in [0.29, 0.717) is 16.0 Å². The summed E-state index contributed by atoms with van der Waals surface area (Å²) in [7, 11) is 0. The molecule has 2 aromatic rings. The van der Waals surface area contributed by atoms with E-state index in [2.05, 4.69) is 4.98 Å². The molecule has 0 bridgehead atoms. The van der Waals surface area contributed by atoms with Crippen LogP contribution in [0.2, 0.25) is 0 Å². The first-order valence-electron chi connectivity index (χ1n) is 8.29. The molecule has 1 atom stereocenters. The fourth-order valence-electron chi connectivity index (χ4n) is 3.32. The van der Waals surface area contributed by atoms with Crippen LogP contribution in [0.25, 0.3) is 0 Å². The van der Waals surface area contributed by atoms with Gasteiger partial charge in [0.1, 0.15) is 23.2 Å². The molecule has 0 aromatic carbocycles. The number of carbonyl (C=O) groups excluding carboxylic acids is 3. The molecule has 0 saturated carbocycles. The summed E-state index contributed by atoms with van der Waals surface area (Å²) in [4.78, 5) is 51.7. The van der Waals surface area contributed by atoms with Crippen LogP contribution in [0, 0.1) is 25.0 Å². The maximum atomic E-state index is 12.9. The number of rotatable bonds is 5. The Kier molecular flexibility index (Phi) is 4.82. The second-order valence-electron chi connectivity index (χ2n) is 6.35. The van der Waals surface area contributed by atoms with Crippen LogP contribution in [0.3, 0.4) is 0 Å². The highest BCUT2D eigenvalue weighted by Gasteiger charge is 2.47. The number of imide groups is 2. The third kappa shape index (κ3) is 3.17. The Morgan fingerprint density at radius 1 is 1.25 bits per heavy atom. The van der Waals surface area contributed by atoms with Crippen molar-refractivity contribution in [2.45, 2.75) is 26.3 Å². The van der Waals surface area contributed by atoms with Crippen LogP contribution >= 0.6 is 0 Å². The number of nitrogens with zero attached hydrogens (tertiary/aromatic N) is 3. The number of hydrogen-bond acceptors (Lipinski definition) is 6. The maximum absolute atomic E-state index is 12.9. The van der Waals surface area contributed by atoms with E-state index in [1.54, 1.807) is 6.92 Å². The number of pyridine rings is 1. The minimum atomic E-state index is -1.46. The van der Waals surface area contributed by atoms with Gasteiger partial charge in [-0.05, 0) is 17.7 Å². The Morgan fingerprint density at radius 3 is 2.36 bits per heavy atom. The molecule has 1 fully saturated rings. The van der Waals surface area contributed by atoms with Crippen molar-refractivity contribution in [1.29, 1.82) is 0 Å². The fourth-order valence-corrected chi connectivity index (χ4v) is 3.32. The van der Waals surface area contributed by atoms with Crippen LogP contribution in [0.4, 0.5) is 4.79 Å². The summed E-state index contributed by atoms with van der Waals surface area (Å²) in [5, 5.41) is 26.2. The predicted octanol–water partition coefficient (Wildman–Crippen LogP) is -0.668. The quantitative estimate of drug-likeness (QED) is 0.349. The van der Waals surface area contributed by atoms with Crippen molar-refractivity contribution in [2.75, 3.05) is 0 Å². The van der Waals surface area contributed by atoms with Gasteiger partial charge in [-0.2, -0.15) is 0 Å². The first-order valence-corrected chi connectivity index (χ1v) is 8.29. The van der Waals surface area contributed by atoms with Crippen LogP contribution in [-0.2, 0) is 20.9 Å². The first kappa shape index (κ1) is 19.0. The molecule has 146 valence electrons. The lowest BCUT2D eigenvalue weighted by Crippen LogP contribution is -2.58. The number of nitrogens with one attached hydrogen (secondary N) is 2. The topological polar surface area (TPSA) is 157 Å². The molecule has 11 nitrogen and oxygen atoms in total. The molecule has 0 aliphatic carbocycles. The smallest absolute Gasteiger partial charge is 0.346 e. The number of amides is 4. The summed E-state index contributed by atoms with van der Waals surface area (Å²) in [6.07, 6.45) is 2.84. The summed E-state index contributed by atoms with van der Waals surface area (Å²) in [5.41, 5.74) is 1.02. The Morgan fingerprint density at radius 2 is 1.82 bits per heavy atom. The van der Waals surface area contributed by atoms with Gasteiger partial charge in [0.15, 0.2) is 6.54 Å². The molecule has 11 heteroatoms. The van der Waals surface area contributed by atoms with Gasteiger partial charge in [-0.3, -0.25) is 25.2 Å². The van der Waals surface area contributed by atoms with E-state index in [4.69, 9.17) is 0 Å². The lowest BCUT2D eigenvalue weighted by Gasteiger charge is -2.27. The van der Waals surface area contributed by atoms with Gasteiger partial charge >= 0.3 is 12.0 Å². The van der Waals surface area contributed by atoms with Gasteiger partial charge in [-0.25, -0.2) is 18.9 Å². The third-order valence-electron chi connectivity index (χ3n) is 4.73. The molecular formula is C17H17N5O6. The van der Waals surface area contributed by atoms with Crippen LogP contribution in [0.15, 0.2) is 24.5 Å². The lowest BCUT2D eigenvalue weighted by molar-refractivity contribution is -0.621. The van der Waals surface area contributed by atoms with Crippen LogP contribution in [0.5, 0.6) is 0 Å². The van der Waals surface area contributed by atoms with Crippen molar-refractivity contribution >= 4 is 23.8 Å². The molecule has 3 N–H and O–H groups in total. The molecule has 0 unspecified atom stereocenters. The monoisotopic (exact) mass is 387 g/mol. The summed E-state index contributed by atoms with van der Waals surface area (Å²) in [5.74, 6) is -5.64. The van der Waals surface area contributed by atoms with Crippen LogP contribution in [0.1, 0.15) is 28.7 Å². The fraction of sp³-hybridized carbons (Fsp3) is 0.294. The molecule has 0 spiro atoms. The van der Waals surface area contributed by atoms with Gasteiger partial charge in [0, 0.05) is 26.2 Å². The number of carboxylic acids is 1. The van der Waals surface area contributed by atoms with Gasteiger partial charge in [0.05, 0.1) is 0 Å². The number of hydrogen-bond donors (Lipinski definition) is 3. The number of aromatic nitrogens is 3. The highest BCUT2D eigenvalue weighted by atomic mass is 16.5. The molecule has 0 radical (unpaired) electrons. The molecule has 28 heavy (non-hydrogen) atoms. The van der Waals surface area contributed by atoms with Crippen molar-refractivity contribution in [2.24, 2.45) is 5.92 Å². The minimum Gasteiger partial charge on any atom is -0.711 e. The van der Waals surface area contributed by atoms with E-state index in [1.165, 1.54) is 36.0 Å². The molecule has 1 aliphatic heterocycles. The van der Waals surface area contributed by atoms with E-state index in [-0.39, 0.29) is 11.5 Å². The Hall–Kier alpha value is -3.76. The largest absolute Gasteiger partial charge is 0.711 e. The summed E-state index contributed by atoms with van der Waals surface area (Å²) in [6.45, 7) is 2.55. The van der Waals surface area contributed by atoms with E-state index < -0.39 is 42.2 Å². The van der Waals surface area contributed by atoms with Gasteiger partial charge in [-0.15, -0.1) is 0 Å². The zero-order chi connectivity index (χ0) is 20.6. The first-order chi connectivity index (χ1) is 13.2. The lowest BCUT2D eigenvalue weighted by atomic mass is 9.83. The van der Waals surface area contributed by atoms with Crippen molar-refractivity contribution in [3.05, 3.63) is 52.5 Å². The van der Waals surface area contributed by atoms with Gasteiger partial charge in [0.2, 0.25) is 11.8 Å². The molecule has 3 rings (SSSR count). The van der Waals surface area contributed by atoms with Gasteiger partial charge < -0.3 is 10.3 Å². The predicted molar refractivity (Wildman–Crippen MR) is 91.8 cm³/mol. The normalized spacial score (nSPS) is 15.9. The average molecular weight is 387 g/mol. The number of barbiturate groups is 1. The SMILES string of the molecule is Cc1c(C)[n+]([O-])c([C@@H](c2ccncc2)C2C(=O)NC(=O)NC2=O)n1CC(=O)O. The minimum absolute atomic E-state index is 0.0896. The van der Waals surface area contributed by atoms with Crippen molar-refractivity contribution < 1.29 is 29.0 Å². The standard InChI is InChI=1S/C17H17N5O6/c1-8-9(2)22(28)16(21(8)7-11(23)24)12(10-3-5-18-6-4-10)13-14(25)19-17(27)20-15(13)26/h3-6,12-13H,7H2,1-2H3,(H,23,24)(H2,19,20,25,26,27)/t12-/m0/s1. The summed E-state index contributed by atoms with van der Waals surface area (Å²) >= 11 is 0. The number of aliphatic carboxylic acids is 1. The van der Waals surface area contributed by atoms with Crippen molar-refractivity contribution in [1.82, 2.24) is 20.2 Å². The van der Waals surface area contributed by atoms with Gasteiger partial charge in [-0.1, -0.05) is 0 Å². The summed E-state index contributed by atoms with van der Waals surface area (Å²) in [6, 6.07) is 2.08. The second kappa shape index (κ2) is 7.10. The van der Waals surface area contributed by atoms with E-state index in [9.17, 15) is 29.5 Å². The second-order valence-corrected chi connectivity index (χ2v) is 6.35. The molecule has 3 heterocycles. The average Bonchev–Trinajstić information content (AvgIpc) is 2.82. The molecule has 2 aromatic heterocycles. The zero-order valence-corrected chi connectivity index (χ0v) is 15.0. The Balaban J connectivity index is 2.26. The zero-order valence-electron chi connectivity index (χ0n) is 15.0. The van der Waals surface area contributed by atoms with E-state index in [0.717, 1.165) is 0 Å². The summed E-state index contributed by atoms with van der Waals surface area (Å²) < 4.78 is 1.77. The molecule has 4 amide bonds. The van der Waals surface area contributed by atoms with E-state index >= 15 is 0 Å². The molecule has 1 aliphatic rings. The Bertz CT molecular complexity index is 964. The number of carboxylic acid groups (broad SMARTS) is 1.